The summed E-state index contributed by atoms with van der Waals surface area (Å²) in [6.07, 6.45) is 6.57. The van der Waals surface area contributed by atoms with Crippen LogP contribution in [0.25, 0.3) is 17.0 Å². The summed E-state index contributed by atoms with van der Waals surface area (Å²) in [4.78, 5) is 44.0. The highest BCUT2D eigenvalue weighted by atomic mass is 32.2. The van der Waals surface area contributed by atoms with Crippen molar-refractivity contribution in [2.75, 3.05) is 19.4 Å². The molecule has 1 heterocycles. The number of aliphatic carboxylic acids is 1. The normalized spacial score (nSPS) is 13.1. The molecule has 4 aromatic carbocycles. The number of benzene rings is 4. The minimum Gasteiger partial charge on any atom is -0.497 e. The zero-order chi connectivity index (χ0) is 35.1. The van der Waals surface area contributed by atoms with Crippen LogP contribution in [0.5, 0.6) is 5.75 Å². The first-order chi connectivity index (χ1) is 24.4. The lowest BCUT2D eigenvalue weighted by atomic mass is 9.89. The van der Waals surface area contributed by atoms with Gasteiger partial charge in [0.25, 0.3) is 0 Å². The number of para-hydroxylation sites is 1. The molecule has 0 radical (unpaired) electrons. The van der Waals surface area contributed by atoms with Crippen LogP contribution >= 0.6 is 11.8 Å². The molecule has 0 aliphatic carbocycles. The number of fused-ring (bicyclic) bond motifs is 1. The summed E-state index contributed by atoms with van der Waals surface area (Å²) in [6, 6.07) is 34.0. The number of carbonyl (C=O) groups excluding carboxylic acids is 2. The number of carboxylic acid groups (broad SMARTS) is 1. The van der Waals surface area contributed by atoms with Gasteiger partial charge >= 0.3 is 5.97 Å². The monoisotopic (exact) mass is 689 g/mol. The molecule has 0 spiro atoms. The zero-order valence-electron chi connectivity index (χ0n) is 28.1. The van der Waals surface area contributed by atoms with Crippen molar-refractivity contribution in [2.24, 2.45) is 11.8 Å². The van der Waals surface area contributed by atoms with Gasteiger partial charge in [-0.1, -0.05) is 103 Å². The van der Waals surface area contributed by atoms with Crippen molar-refractivity contribution in [1.82, 2.24) is 15.6 Å². The van der Waals surface area contributed by atoms with Gasteiger partial charge in [-0.2, -0.15) is 11.8 Å². The van der Waals surface area contributed by atoms with E-state index >= 15 is 0 Å². The maximum atomic E-state index is 14.2. The summed E-state index contributed by atoms with van der Waals surface area (Å²) >= 11 is 1.49. The van der Waals surface area contributed by atoms with E-state index in [1.165, 1.54) is 11.8 Å². The highest BCUT2D eigenvalue weighted by Crippen LogP contribution is 2.27. The van der Waals surface area contributed by atoms with Crippen LogP contribution in [0.3, 0.4) is 0 Å². The molecule has 8 nitrogen and oxygen atoms in total. The maximum Gasteiger partial charge on any atom is 0.307 e. The minimum atomic E-state index is -1.06. The van der Waals surface area contributed by atoms with Gasteiger partial charge in [0.05, 0.1) is 18.9 Å². The molecule has 258 valence electrons. The van der Waals surface area contributed by atoms with Crippen molar-refractivity contribution in [1.29, 1.82) is 0 Å². The van der Waals surface area contributed by atoms with Gasteiger partial charge in [0.2, 0.25) is 11.8 Å². The Balaban J connectivity index is 1.36. The number of nitrogens with one attached hydrogen (secondary N) is 3. The molecule has 3 atom stereocenters. The molecule has 4 N–H and O–H groups in total. The van der Waals surface area contributed by atoms with Crippen LogP contribution in [0.2, 0.25) is 0 Å². The fourth-order valence-corrected chi connectivity index (χ4v) is 7.04. The van der Waals surface area contributed by atoms with E-state index in [4.69, 9.17) is 4.74 Å². The lowest BCUT2D eigenvalue weighted by Crippen LogP contribution is -2.51. The summed E-state index contributed by atoms with van der Waals surface area (Å²) < 4.78 is 5.27. The number of ether oxygens (including phenoxy) is 1. The summed E-state index contributed by atoms with van der Waals surface area (Å²) in [7, 11) is 1.61. The minimum absolute atomic E-state index is 0.155. The molecule has 0 unspecified atom stereocenters. The number of methoxy groups -OCH3 is 1. The molecule has 5 rings (SSSR count). The molecule has 9 heteroatoms. The average Bonchev–Trinajstić information content (AvgIpc) is 3.55. The molecule has 0 saturated heterocycles. The molecule has 50 heavy (non-hydrogen) atoms. The first-order valence-electron chi connectivity index (χ1n) is 16.7. The van der Waals surface area contributed by atoms with Crippen molar-refractivity contribution in [3.63, 3.8) is 0 Å². The van der Waals surface area contributed by atoms with E-state index in [-0.39, 0.29) is 24.5 Å². The maximum absolute atomic E-state index is 14.2. The number of carboxylic acids is 1. The predicted molar refractivity (Wildman–Crippen MR) is 201 cm³/mol. The van der Waals surface area contributed by atoms with E-state index in [0.29, 0.717) is 18.7 Å². The van der Waals surface area contributed by atoms with Crippen LogP contribution in [-0.4, -0.2) is 53.3 Å². The number of aromatic nitrogens is 1. The molecule has 0 saturated carbocycles. The third-order valence-electron chi connectivity index (χ3n) is 8.65. The Morgan fingerprint density at radius 3 is 2.26 bits per heavy atom. The van der Waals surface area contributed by atoms with Gasteiger partial charge in [0.1, 0.15) is 11.8 Å². The standard InChI is InChI=1S/C41H43N3O5S/c1-49-33-21-19-31(20-22-33)27-50-28-36(35(41(47)48)17-10-15-29-11-4-2-5-12-29)39(45)44-38(25-32-26-43-37-18-9-8-16-34(32)37)40(46)42-24-23-30-13-6-3-7-14-30/h2-16,18-22,26,35-36,38,43H,17,23-25,27-28H2,1H3,(H,42,46)(H,44,45)(H,47,48)/b15-10+/t35-,36+,38-/m0/s1. The van der Waals surface area contributed by atoms with Crippen molar-refractivity contribution < 1.29 is 24.2 Å². The molecule has 0 aliphatic heterocycles. The average molecular weight is 690 g/mol. The number of hydrogen-bond acceptors (Lipinski definition) is 5. The van der Waals surface area contributed by atoms with Crippen molar-refractivity contribution >= 4 is 46.5 Å². The third-order valence-corrected chi connectivity index (χ3v) is 9.78. The first-order valence-corrected chi connectivity index (χ1v) is 17.9. The second-order valence-corrected chi connectivity index (χ2v) is 13.1. The Morgan fingerprint density at radius 2 is 1.54 bits per heavy atom. The highest BCUT2D eigenvalue weighted by Gasteiger charge is 2.35. The third kappa shape index (κ3) is 10.4. The van der Waals surface area contributed by atoms with Crippen molar-refractivity contribution in [2.45, 2.75) is 31.1 Å². The van der Waals surface area contributed by atoms with Gasteiger partial charge in [-0.25, -0.2) is 0 Å². The molecular weight excluding hydrogens is 647 g/mol. The van der Waals surface area contributed by atoms with Gasteiger partial charge in [0, 0.05) is 41.6 Å². The number of H-pyrrole nitrogens is 1. The van der Waals surface area contributed by atoms with Crippen LogP contribution in [0, 0.1) is 11.8 Å². The Bertz CT molecular complexity index is 1860. The predicted octanol–water partition coefficient (Wildman–Crippen LogP) is 6.92. The second-order valence-electron chi connectivity index (χ2n) is 12.1. The molecule has 0 aliphatic rings. The highest BCUT2D eigenvalue weighted by molar-refractivity contribution is 7.98. The SMILES string of the molecule is COc1ccc(CSC[C@@H](C(=O)N[C@@H](Cc2c[nH]c3ccccc23)C(=O)NCCc2ccccc2)[C@H](C/C=C/c2ccccc2)C(=O)O)cc1. The summed E-state index contributed by atoms with van der Waals surface area (Å²) in [5.74, 6) is -2.17. The van der Waals surface area contributed by atoms with Crippen LogP contribution in [0.15, 0.2) is 121 Å². The zero-order valence-corrected chi connectivity index (χ0v) is 28.9. The van der Waals surface area contributed by atoms with Crippen LogP contribution in [0.4, 0.5) is 0 Å². The van der Waals surface area contributed by atoms with Crippen LogP contribution in [-0.2, 0) is 33.0 Å². The van der Waals surface area contributed by atoms with Crippen LogP contribution < -0.4 is 15.4 Å². The Morgan fingerprint density at radius 1 is 0.840 bits per heavy atom. The lowest BCUT2D eigenvalue weighted by molar-refractivity contribution is -0.146. The number of amides is 2. The lowest BCUT2D eigenvalue weighted by Gasteiger charge is -2.26. The van der Waals surface area contributed by atoms with Gasteiger partial charge in [-0.3, -0.25) is 14.4 Å². The van der Waals surface area contributed by atoms with Gasteiger partial charge in [-0.05, 0) is 53.3 Å². The smallest absolute Gasteiger partial charge is 0.307 e. The molecular formula is C41H43N3O5S. The number of aromatic amines is 1. The molecule has 0 fully saturated rings. The Labute approximate surface area is 297 Å². The number of rotatable bonds is 18. The Hall–Kier alpha value is -5.28. The molecule has 2 amide bonds. The summed E-state index contributed by atoms with van der Waals surface area (Å²) in [6.45, 7) is 0.395. The van der Waals surface area contributed by atoms with E-state index in [1.807, 2.05) is 128 Å². The van der Waals surface area contributed by atoms with E-state index in [1.54, 1.807) is 7.11 Å². The number of thioether (sulfide) groups is 1. The Kier molecular flexibility index (Phi) is 13.3. The molecule has 1 aromatic heterocycles. The van der Waals surface area contributed by atoms with E-state index in [2.05, 4.69) is 15.6 Å². The number of carbonyl (C=O) groups is 3. The quantitative estimate of drug-likeness (QED) is 0.0794. The molecule has 0 bridgehead atoms. The van der Waals surface area contributed by atoms with Gasteiger partial charge in [-0.15, -0.1) is 0 Å². The first kappa shape index (κ1) is 36.0. The van der Waals surface area contributed by atoms with Gasteiger partial charge in [0.15, 0.2) is 0 Å². The number of hydrogen-bond donors (Lipinski definition) is 4. The molecule has 5 aromatic rings. The van der Waals surface area contributed by atoms with Crippen molar-refractivity contribution in [3.8, 4) is 5.75 Å². The van der Waals surface area contributed by atoms with Crippen molar-refractivity contribution in [3.05, 3.63) is 144 Å². The number of allylic oxidation sites excluding steroid dienone is 1. The topological polar surface area (TPSA) is 121 Å². The second kappa shape index (κ2) is 18.5. The van der Waals surface area contributed by atoms with E-state index in [0.717, 1.165) is 38.9 Å². The van der Waals surface area contributed by atoms with Crippen LogP contribution in [0.1, 0.15) is 28.7 Å². The van der Waals surface area contributed by atoms with E-state index < -0.39 is 29.8 Å². The largest absolute Gasteiger partial charge is 0.497 e. The summed E-state index contributed by atoms with van der Waals surface area (Å²) in [5, 5.41) is 17.4. The fraction of sp³-hybridized carbons (Fsp3) is 0.244. The van der Waals surface area contributed by atoms with E-state index in [9.17, 15) is 19.5 Å². The summed E-state index contributed by atoms with van der Waals surface area (Å²) in [5.41, 5.74) is 4.88. The van der Waals surface area contributed by atoms with Gasteiger partial charge < -0.3 is 25.5 Å². The fourth-order valence-electron chi connectivity index (χ4n) is 5.86.